The van der Waals surface area contributed by atoms with Crippen molar-refractivity contribution in [1.82, 2.24) is 5.32 Å². The van der Waals surface area contributed by atoms with Crippen LogP contribution in [0.4, 0.5) is 8.78 Å². The molecule has 0 aliphatic heterocycles. The zero-order valence-electron chi connectivity index (χ0n) is 14.1. The number of nitrogens with one attached hydrogen (secondary N) is 1. The highest BCUT2D eigenvalue weighted by Crippen LogP contribution is 2.23. The number of hydrogen-bond donors (Lipinski definition) is 1. The molecule has 3 aromatic rings. The minimum atomic E-state index is -0.925. The van der Waals surface area contributed by atoms with Gasteiger partial charge in [-0.1, -0.05) is 25.1 Å². The van der Waals surface area contributed by atoms with Crippen molar-refractivity contribution in [3.05, 3.63) is 71.0 Å². The van der Waals surface area contributed by atoms with Gasteiger partial charge in [0.25, 0.3) is 0 Å². The highest BCUT2D eigenvalue weighted by molar-refractivity contribution is 5.88. The number of halogens is 2. The average Bonchev–Trinajstić information content (AvgIpc) is 2.99. The van der Waals surface area contributed by atoms with Crippen LogP contribution in [0.3, 0.4) is 0 Å². The highest BCUT2D eigenvalue weighted by atomic mass is 19.2. The molecule has 1 amide bonds. The van der Waals surface area contributed by atoms with Gasteiger partial charge in [-0.2, -0.15) is 0 Å². The summed E-state index contributed by atoms with van der Waals surface area (Å²) in [6.45, 7) is 3.80. The number of carbonyl (C=O) groups excluding carboxylic acids is 1. The molecule has 0 bridgehead atoms. The van der Waals surface area contributed by atoms with Crippen LogP contribution >= 0.6 is 0 Å². The summed E-state index contributed by atoms with van der Waals surface area (Å²) in [5.41, 5.74) is 3.24. The zero-order valence-corrected chi connectivity index (χ0v) is 14.1. The predicted molar refractivity (Wildman–Crippen MR) is 92.2 cm³/mol. The lowest BCUT2D eigenvalue weighted by molar-refractivity contribution is -0.121. The molecule has 0 radical (unpaired) electrons. The van der Waals surface area contributed by atoms with Crippen LogP contribution in [0.1, 0.15) is 36.6 Å². The number of benzene rings is 2. The van der Waals surface area contributed by atoms with Crippen LogP contribution in [0, 0.1) is 11.6 Å². The van der Waals surface area contributed by atoms with Crippen LogP contribution < -0.4 is 5.32 Å². The summed E-state index contributed by atoms with van der Waals surface area (Å²) in [7, 11) is 0. The van der Waals surface area contributed by atoms with Crippen molar-refractivity contribution in [3.8, 4) is 0 Å². The van der Waals surface area contributed by atoms with Crippen LogP contribution in [-0.4, -0.2) is 5.91 Å². The van der Waals surface area contributed by atoms with E-state index in [4.69, 9.17) is 4.42 Å². The van der Waals surface area contributed by atoms with Gasteiger partial charge in [0.05, 0.1) is 18.7 Å². The third kappa shape index (κ3) is 3.71. The number of fused-ring (bicyclic) bond motifs is 1. The summed E-state index contributed by atoms with van der Waals surface area (Å²) in [6.07, 6.45) is 2.66. The van der Waals surface area contributed by atoms with Crippen molar-refractivity contribution in [3.63, 3.8) is 0 Å². The summed E-state index contributed by atoms with van der Waals surface area (Å²) >= 11 is 0. The summed E-state index contributed by atoms with van der Waals surface area (Å²) in [5, 5.41) is 3.71. The Balaban J connectivity index is 1.71. The van der Waals surface area contributed by atoms with Crippen molar-refractivity contribution < 1.29 is 18.0 Å². The number of amides is 1. The number of carbonyl (C=O) groups is 1. The summed E-state index contributed by atoms with van der Waals surface area (Å²) in [5.74, 6) is -2.04. The van der Waals surface area contributed by atoms with E-state index >= 15 is 0 Å². The average molecular weight is 343 g/mol. The molecular weight excluding hydrogens is 324 g/mol. The van der Waals surface area contributed by atoms with E-state index in [2.05, 4.69) is 12.2 Å². The van der Waals surface area contributed by atoms with Crippen LogP contribution in [-0.2, 0) is 17.6 Å². The Hall–Kier alpha value is -2.69. The maximum Gasteiger partial charge on any atom is 0.225 e. The van der Waals surface area contributed by atoms with Gasteiger partial charge in [-0.3, -0.25) is 4.79 Å². The predicted octanol–water partition coefficient (Wildman–Crippen LogP) is 4.69. The molecular formula is C20H19F2NO2. The first kappa shape index (κ1) is 17.1. The summed E-state index contributed by atoms with van der Waals surface area (Å²) in [4.78, 5) is 12.3. The molecule has 0 fully saturated rings. The fourth-order valence-electron chi connectivity index (χ4n) is 2.81. The molecule has 2 aromatic carbocycles. The van der Waals surface area contributed by atoms with Gasteiger partial charge in [-0.05, 0) is 42.7 Å². The van der Waals surface area contributed by atoms with E-state index in [0.717, 1.165) is 35.1 Å². The van der Waals surface area contributed by atoms with Gasteiger partial charge in [0.15, 0.2) is 11.6 Å². The molecule has 3 rings (SSSR count). The molecule has 0 spiro atoms. The quantitative estimate of drug-likeness (QED) is 0.730. The van der Waals surface area contributed by atoms with Gasteiger partial charge < -0.3 is 9.73 Å². The van der Waals surface area contributed by atoms with E-state index < -0.39 is 17.7 Å². The van der Waals surface area contributed by atoms with Gasteiger partial charge in [0, 0.05) is 10.9 Å². The van der Waals surface area contributed by atoms with Gasteiger partial charge in [0.2, 0.25) is 5.91 Å². The molecule has 130 valence electrons. The number of aryl methyl sites for hydroxylation is 1. The first-order valence-electron chi connectivity index (χ1n) is 8.21. The van der Waals surface area contributed by atoms with Gasteiger partial charge in [-0.25, -0.2) is 8.78 Å². The van der Waals surface area contributed by atoms with Gasteiger partial charge >= 0.3 is 0 Å². The number of hydrogen-bond acceptors (Lipinski definition) is 2. The van der Waals surface area contributed by atoms with Crippen LogP contribution in [0.5, 0.6) is 0 Å². The number of furan rings is 1. The molecule has 0 saturated heterocycles. The molecule has 25 heavy (non-hydrogen) atoms. The van der Waals surface area contributed by atoms with E-state index in [1.165, 1.54) is 11.6 Å². The molecule has 0 saturated carbocycles. The van der Waals surface area contributed by atoms with Crippen molar-refractivity contribution in [1.29, 1.82) is 0 Å². The summed E-state index contributed by atoms with van der Waals surface area (Å²) in [6, 6.07) is 9.14. The Morgan fingerprint density at radius 3 is 2.68 bits per heavy atom. The van der Waals surface area contributed by atoms with E-state index in [1.54, 1.807) is 13.2 Å². The first-order chi connectivity index (χ1) is 12.0. The minimum absolute atomic E-state index is 0.159. The third-order valence-corrected chi connectivity index (χ3v) is 4.30. The maximum atomic E-state index is 13.3. The topological polar surface area (TPSA) is 42.2 Å². The van der Waals surface area contributed by atoms with Gasteiger partial charge in [-0.15, -0.1) is 0 Å². The lowest BCUT2D eigenvalue weighted by Gasteiger charge is -2.14. The molecule has 0 aliphatic rings. The van der Waals surface area contributed by atoms with Crippen molar-refractivity contribution in [2.75, 3.05) is 0 Å². The lowest BCUT2D eigenvalue weighted by atomic mass is 10.1. The molecule has 5 heteroatoms. The van der Waals surface area contributed by atoms with E-state index in [-0.39, 0.29) is 12.3 Å². The molecule has 0 aliphatic carbocycles. The molecule has 1 N–H and O–H groups in total. The SMILES string of the molecule is CCc1ccc2c(CC(=O)NC(C)c3ccc(F)c(F)c3)coc2c1. The molecule has 1 aromatic heterocycles. The molecule has 1 heterocycles. The maximum absolute atomic E-state index is 13.3. The largest absolute Gasteiger partial charge is 0.464 e. The first-order valence-corrected chi connectivity index (χ1v) is 8.21. The lowest BCUT2D eigenvalue weighted by Crippen LogP contribution is -2.28. The normalized spacial score (nSPS) is 12.3. The summed E-state index contributed by atoms with van der Waals surface area (Å²) < 4.78 is 31.9. The molecule has 1 unspecified atom stereocenters. The fraction of sp³-hybridized carbons (Fsp3) is 0.250. The van der Waals surface area contributed by atoms with Crippen LogP contribution in [0.15, 0.2) is 47.1 Å². The smallest absolute Gasteiger partial charge is 0.225 e. The Morgan fingerprint density at radius 1 is 1.16 bits per heavy atom. The van der Waals surface area contributed by atoms with Crippen LogP contribution in [0.25, 0.3) is 11.0 Å². The van der Waals surface area contributed by atoms with Crippen LogP contribution in [0.2, 0.25) is 0 Å². The minimum Gasteiger partial charge on any atom is -0.464 e. The second kappa shape index (κ2) is 7.05. The Morgan fingerprint density at radius 2 is 1.96 bits per heavy atom. The second-order valence-corrected chi connectivity index (χ2v) is 6.08. The monoisotopic (exact) mass is 343 g/mol. The van der Waals surface area contributed by atoms with Crippen molar-refractivity contribution in [2.45, 2.75) is 32.7 Å². The fourth-order valence-corrected chi connectivity index (χ4v) is 2.81. The Labute approximate surface area is 144 Å². The second-order valence-electron chi connectivity index (χ2n) is 6.08. The molecule has 3 nitrogen and oxygen atoms in total. The highest BCUT2D eigenvalue weighted by Gasteiger charge is 2.15. The van der Waals surface area contributed by atoms with E-state index in [1.807, 2.05) is 18.2 Å². The standard InChI is InChI=1S/C20H19F2NO2/c1-3-13-4-6-16-15(11-25-19(16)8-13)10-20(24)23-12(2)14-5-7-17(21)18(22)9-14/h4-9,11-12H,3,10H2,1-2H3,(H,23,24). The van der Waals surface area contributed by atoms with E-state index in [9.17, 15) is 13.6 Å². The molecule has 1 atom stereocenters. The van der Waals surface area contributed by atoms with Crippen molar-refractivity contribution >= 4 is 16.9 Å². The zero-order chi connectivity index (χ0) is 18.0. The Kier molecular flexibility index (Phi) is 4.83. The Bertz CT molecular complexity index is 917. The van der Waals surface area contributed by atoms with E-state index in [0.29, 0.717) is 5.56 Å². The number of rotatable bonds is 5. The van der Waals surface area contributed by atoms with Gasteiger partial charge in [0.1, 0.15) is 5.58 Å². The third-order valence-electron chi connectivity index (χ3n) is 4.30. The van der Waals surface area contributed by atoms with Crippen molar-refractivity contribution in [2.24, 2.45) is 0 Å².